The molecule has 0 fully saturated rings. The van der Waals surface area contributed by atoms with Gasteiger partial charge in [0, 0.05) is 5.56 Å². The zero-order valence-corrected chi connectivity index (χ0v) is 14.4. The van der Waals surface area contributed by atoms with Crippen LogP contribution in [0.4, 0.5) is 30.7 Å². The van der Waals surface area contributed by atoms with E-state index < -0.39 is 60.1 Å². The molecule has 2 aromatic carbocycles. The van der Waals surface area contributed by atoms with Gasteiger partial charge in [-0.15, -0.1) is 0 Å². The summed E-state index contributed by atoms with van der Waals surface area (Å²) in [6.45, 7) is 0. The minimum Gasteiger partial charge on any atom is -0.741 e. The van der Waals surface area contributed by atoms with E-state index in [1.807, 2.05) is 0 Å². The van der Waals surface area contributed by atoms with Gasteiger partial charge in [0.15, 0.2) is 21.8 Å². The van der Waals surface area contributed by atoms with Gasteiger partial charge in [-0.1, -0.05) is 12.1 Å². The van der Waals surface area contributed by atoms with E-state index >= 15 is 0 Å². The average molecular weight is 500 g/mol. The lowest BCUT2D eigenvalue weighted by atomic mass is 10.0. The zero-order chi connectivity index (χ0) is 19.2. The van der Waals surface area contributed by atoms with Crippen LogP contribution in [0.1, 0.15) is 0 Å². The molecule has 25 heavy (non-hydrogen) atoms. The van der Waals surface area contributed by atoms with Crippen molar-refractivity contribution in [3.63, 3.8) is 0 Å². The van der Waals surface area contributed by atoms with Gasteiger partial charge in [0.1, 0.15) is 0 Å². The molecule has 0 spiro atoms. The summed E-state index contributed by atoms with van der Waals surface area (Å²) in [5.74, 6) is -5.98. The summed E-state index contributed by atoms with van der Waals surface area (Å²) < 4.78 is 113. The van der Waals surface area contributed by atoms with Gasteiger partial charge in [0.25, 0.3) is 0 Å². The topological polar surface area (TPSA) is 57.2 Å². The van der Waals surface area contributed by atoms with E-state index in [2.05, 4.69) is 0 Å². The number of hydrogen-bond acceptors (Lipinski definition) is 3. The summed E-state index contributed by atoms with van der Waals surface area (Å²) in [7, 11) is -6.09. The van der Waals surface area contributed by atoms with Crippen molar-refractivity contribution in [2.45, 2.75) is 5.51 Å². The average Bonchev–Trinajstić information content (AvgIpc) is 2.89. The monoisotopic (exact) mass is 500 g/mol. The number of fused-ring (bicyclic) bond motifs is 3. The Labute approximate surface area is 146 Å². The Balaban J connectivity index is 0.000000242. The van der Waals surface area contributed by atoms with Crippen molar-refractivity contribution in [1.82, 2.24) is 0 Å². The SMILES string of the molecule is Fc1c(F)c(F)c2c(c1F)[I+]c1ccccc1-2.O=S(=O)([O-])C(F)(F)F. The first-order valence-corrected chi connectivity index (χ1v) is 9.55. The van der Waals surface area contributed by atoms with Crippen LogP contribution >= 0.6 is 0 Å². The third-order valence-corrected chi connectivity index (χ3v) is 6.47. The van der Waals surface area contributed by atoms with E-state index in [1.165, 1.54) is 0 Å². The van der Waals surface area contributed by atoms with Crippen LogP contribution in [0.3, 0.4) is 0 Å². The molecule has 3 nitrogen and oxygen atoms in total. The normalized spacial score (nSPS) is 13.0. The van der Waals surface area contributed by atoms with Gasteiger partial charge in [-0.3, -0.25) is 0 Å². The number of alkyl halides is 3. The second kappa shape index (κ2) is 6.72. The summed E-state index contributed by atoms with van der Waals surface area (Å²) in [5.41, 5.74) is -5.28. The first kappa shape index (κ1) is 19.9. The van der Waals surface area contributed by atoms with E-state index in [0.717, 1.165) is 3.57 Å². The highest BCUT2D eigenvalue weighted by molar-refractivity contribution is 7.86. The summed E-state index contributed by atoms with van der Waals surface area (Å²) >= 11 is -0.987. The standard InChI is InChI=1S/C12H4F4I.CHF3O3S/c13-8-7-5-3-1-2-4-6(5)17-12(7)11(16)10(15)9(8)14;2-1(3,4)8(5,6)7/h1-4H;(H,5,6,7)/q+1;/p-1. The van der Waals surface area contributed by atoms with Crippen molar-refractivity contribution in [1.29, 1.82) is 0 Å². The Hall–Kier alpha value is -1.41. The van der Waals surface area contributed by atoms with Crippen LogP contribution in [0, 0.1) is 30.4 Å². The fraction of sp³-hybridized carbons (Fsp3) is 0.0769. The molecule has 1 heterocycles. The minimum atomic E-state index is -6.09. The lowest BCUT2D eigenvalue weighted by Gasteiger charge is -2.08. The first-order chi connectivity index (χ1) is 11.4. The molecule has 0 aliphatic carbocycles. The van der Waals surface area contributed by atoms with Gasteiger partial charge in [-0.25, -0.2) is 21.6 Å². The molecule has 0 bridgehead atoms. The molecule has 136 valence electrons. The predicted molar refractivity (Wildman–Crippen MR) is 64.9 cm³/mol. The van der Waals surface area contributed by atoms with Gasteiger partial charge in [0.2, 0.25) is 18.8 Å². The number of hydrogen-bond donors (Lipinski definition) is 0. The second-order valence-corrected chi connectivity index (χ2v) is 8.57. The molecule has 0 N–H and O–H groups in total. The Morgan fingerprint density at radius 2 is 1.36 bits per heavy atom. The molecule has 0 saturated heterocycles. The Morgan fingerprint density at radius 3 is 1.88 bits per heavy atom. The molecule has 0 atom stereocenters. The van der Waals surface area contributed by atoms with Gasteiger partial charge in [-0.2, -0.15) is 17.6 Å². The van der Waals surface area contributed by atoms with Crippen molar-refractivity contribution in [2.24, 2.45) is 0 Å². The molecule has 3 rings (SSSR count). The molecular formula is C13H4F7IO3S. The zero-order valence-electron chi connectivity index (χ0n) is 11.5. The van der Waals surface area contributed by atoms with Crippen LogP contribution in [-0.2, 0) is 10.1 Å². The molecule has 12 heteroatoms. The summed E-state index contributed by atoms with van der Waals surface area (Å²) in [5, 5.41) is 0. The molecule has 1 aliphatic rings. The smallest absolute Gasteiger partial charge is 0.485 e. The summed E-state index contributed by atoms with van der Waals surface area (Å²) in [6.07, 6.45) is 0. The van der Waals surface area contributed by atoms with Crippen molar-refractivity contribution < 1.29 is 64.9 Å². The van der Waals surface area contributed by atoms with Crippen LogP contribution in [0.15, 0.2) is 24.3 Å². The maximum atomic E-state index is 13.7. The molecule has 0 amide bonds. The largest absolute Gasteiger partial charge is 0.741 e. The maximum Gasteiger partial charge on any atom is 0.485 e. The van der Waals surface area contributed by atoms with E-state index in [-0.39, 0.29) is 9.13 Å². The maximum absolute atomic E-state index is 13.7. The molecule has 0 saturated carbocycles. The Morgan fingerprint density at radius 1 is 0.880 bits per heavy atom. The molecular weight excluding hydrogens is 496 g/mol. The van der Waals surface area contributed by atoms with Gasteiger partial charge in [-0.05, 0) is 12.1 Å². The van der Waals surface area contributed by atoms with Crippen molar-refractivity contribution in [3.05, 3.63) is 54.7 Å². The van der Waals surface area contributed by atoms with Crippen molar-refractivity contribution >= 4 is 10.1 Å². The number of benzene rings is 2. The van der Waals surface area contributed by atoms with Crippen molar-refractivity contribution in [2.75, 3.05) is 0 Å². The molecule has 0 unspecified atom stereocenters. The quantitative estimate of drug-likeness (QED) is 0.112. The highest BCUT2D eigenvalue weighted by Crippen LogP contribution is 2.30. The molecule has 1 aliphatic heterocycles. The Kier molecular flexibility index (Phi) is 5.35. The van der Waals surface area contributed by atoms with E-state index in [0.29, 0.717) is 5.56 Å². The molecule has 0 aromatic heterocycles. The fourth-order valence-electron chi connectivity index (χ4n) is 1.78. The number of halogens is 8. The van der Waals surface area contributed by atoms with Gasteiger partial charge in [0.05, 0.1) is 5.56 Å². The van der Waals surface area contributed by atoms with Crippen LogP contribution in [0.25, 0.3) is 11.1 Å². The minimum absolute atomic E-state index is 0.00130. The van der Waals surface area contributed by atoms with Crippen LogP contribution in [-0.4, -0.2) is 18.5 Å². The lowest BCUT2D eigenvalue weighted by molar-refractivity contribution is -0.593. The van der Waals surface area contributed by atoms with Crippen LogP contribution in [0.2, 0.25) is 0 Å². The third kappa shape index (κ3) is 3.74. The van der Waals surface area contributed by atoms with E-state index in [4.69, 9.17) is 13.0 Å². The second-order valence-electron chi connectivity index (χ2n) is 4.42. The summed E-state index contributed by atoms with van der Waals surface area (Å²) in [4.78, 5) is 0. The molecule has 2 aromatic rings. The van der Waals surface area contributed by atoms with Gasteiger partial charge < -0.3 is 4.55 Å². The fourth-order valence-corrected chi connectivity index (χ4v) is 4.76. The van der Waals surface area contributed by atoms with Gasteiger partial charge >= 0.3 is 26.7 Å². The third-order valence-electron chi connectivity index (χ3n) is 2.83. The van der Waals surface area contributed by atoms with Crippen LogP contribution in [0.5, 0.6) is 0 Å². The highest BCUT2D eigenvalue weighted by atomic mass is 127. The van der Waals surface area contributed by atoms with Crippen molar-refractivity contribution in [3.8, 4) is 11.1 Å². The van der Waals surface area contributed by atoms with E-state index in [9.17, 15) is 30.7 Å². The van der Waals surface area contributed by atoms with E-state index in [1.54, 1.807) is 24.3 Å². The highest BCUT2D eigenvalue weighted by Gasteiger charge is 2.42. The Bertz CT molecular complexity index is 942. The predicted octanol–water partition coefficient (Wildman–Crippen LogP) is 0.403. The molecule has 0 radical (unpaired) electrons. The van der Waals surface area contributed by atoms with Crippen LogP contribution < -0.4 is 21.2 Å². The number of rotatable bonds is 0. The first-order valence-electron chi connectivity index (χ1n) is 5.98. The lowest BCUT2D eigenvalue weighted by Crippen LogP contribution is -3.61. The summed E-state index contributed by atoms with van der Waals surface area (Å²) in [6, 6.07) is 6.74.